The van der Waals surface area contributed by atoms with E-state index in [1.807, 2.05) is 0 Å². The fraction of sp³-hybridized carbons (Fsp3) is 0.444. The molecule has 0 atom stereocenters. The van der Waals surface area contributed by atoms with Crippen LogP contribution in [0.3, 0.4) is 0 Å². The van der Waals surface area contributed by atoms with Crippen molar-refractivity contribution in [1.29, 1.82) is 0 Å². The lowest BCUT2D eigenvalue weighted by Gasteiger charge is -2.35. The fourth-order valence-corrected chi connectivity index (χ4v) is 3.78. The molecule has 1 aliphatic carbocycles. The first kappa shape index (κ1) is 14.6. The second kappa shape index (κ2) is 5.89. The van der Waals surface area contributed by atoms with Gasteiger partial charge in [0.15, 0.2) is 0 Å². The van der Waals surface area contributed by atoms with Crippen molar-refractivity contribution < 1.29 is 0 Å². The van der Waals surface area contributed by atoms with Crippen LogP contribution < -0.4 is 4.90 Å². The maximum atomic E-state index is 3.39. The second-order valence-corrected chi connectivity index (χ2v) is 7.82. The molecule has 0 spiro atoms. The number of anilines is 1. The van der Waals surface area contributed by atoms with Crippen molar-refractivity contribution in [1.82, 2.24) is 9.88 Å². The van der Waals surface area contributed by atoms with Gasteiger partial charge in [-0.25, -0.2) is 0 Å². The largest absolute Gasteiger partial charge is 0.369 e. The summed E-state index contributed by atoms with van der Waals surface area (Å²) in [6.07, 6.45) is 4.78. The van der Waals surface area contributed by atoms with E-state index >= 15 is 0 Å². The number of halogens is 1. The number of rotatable bonds is 3. The van der Waals surface area contributed by atoms with Crippen molar-refractivity contribution in [3.8, 4) is 11.3 Å². The number of likely N-dealkylation sites (N-methyl/N-ethyl adjacent to an activating group) is 1. The van der Waals surface area contributed by atoms with Gasteiger partial charge in [-0.1, -0.05) is 6.07 Å². The zero-order valence-corrected chi connectivity index (χ0v) is 15.1. The van der Waals surface area contributed by atoms with Crippen molar-refractivity contribution in [2.45, 2.75) is 18.8 Å². The molecule has 4 heteroatoms. The van der Waals surface area contributed by atoms with Crippen LogP contribution in [0.4, 0.5) is 5.69 Å². The molecule has 2 aliphatic rings. The van der Waals surface area contributed by atoms with Crippen LogP contribution in [0.1, 0.15) is 24.3 Å². The van der Waals surface area contributed by atoms with Gasteiger partial charge in [-0.3, -0.25) is 0 Å². The normalized spacial score (nSPS) is 19.6. The first-order valence-electron chi connectivity index (χ1n) is 8.12. The maximum Gasteiger partial charge on any atom is 0.0464 e. The Morgan fingerprint density at radius 2 is 1.86 bits per heavy atom. The van der Waals surface area contributed by atoms with E-state index in [1.165, 1.54) is 46.4 Å². The third-order valence-electron chi connectivity index (χ3n) is 4.85. The first-order chi connectivity index (χ1) is 10.7. The number of nitrogens with one attached hydrogen (secondary N) is 1. The molecule has 2 heterocycles. The molecule has 0 amide bonds. The molecule has 0 radical (unpaired) electrons. The average Bonchev–Trinajstić information content (AvgIpc) is 3.29. The fourth-order valence-electron chi connectivity index (χ4n) is 3.31. The van der Waals surface area contributed by atoms with Crippen LogP contribution in [-0.2, 0) is 0 Å². The summed E-state index contributed by atoms with van der Waals surface area (Å²) in [5.74, 6) is 0.781. The summed E-state index contributed by atoms with van der Waals surface area (Å²) in [6, 6.07) is 9.28. The van der Waals surface area contributed by atoms with Crippen molar-refractivity contribution in [3.05, 3.63) is 39.6 Å². The summed E-state index contributed by atoms with van der Waals surface area (Å²) in [5.41, 5.74) is 5.59. The van der Waals surface area contributed by atoms with E-state index in [0.717, 1.165) is 19.0 Å². The van der Waals surface area contributed by atoms with E-state index in [0.29, 0.717) is 0 Å². The average molecular weight is 407 g/mol. The Kier molecular flexibility index (Phi) is 3.90. The van der Waals surface area contributed by atoms with Crippen LogP contribution in [0, 0.1) is 3.57 Å². The van der Waals surface area contributed by atoms with Gasteiger partial charge in [-0.15, -0.1) is 0 Å². The van der Waals surface area contributed by atoms with Crippen LogP contribution in [0.15, 0.2) is 30.5 Å². The van der Waals surface area contributed by atoms with Crippen LogP contribution in [0.5, 0.6) is 0 Å². The molecular formula is C18H22IN3. The summed E-state index contributed by atoms with van der Waals surface area (Å²) in [4.78, 5) is 8.38. The highest BCUT2D eigenvalue weighted by molar-refractivity contribution is 14.1. The van der Waals surface area contributed by atoms with Gasteiger partial charge in [0.05, 0.1) is 0 Å². The Bertz CT molecular complexity index is 667. The highest BCUT2D eigenvalue weighted by atomic mass is 127. The minimum absolute atomic E-state index is 0.781. The zero-order chi connectivity index (χ0) is 15.1. The molecule has 22 heavy (non-hydrogen) atoms. The maximum absolute atomic E-state index is 3.39. The van der Waals surface area contributed by atoms with Crippen molar-refractivity contribution in [3.63, 3.8) is 0 Å². The summed E-state index contributed by atoms with van der Waals surface area (Å²) < 4.78 is 1.27. The van der Waals surface area contributed by atoms with Gasteiger partial charge in [0.1, 0.15) is 0 Å². The Morgan fingerprint density at radius 3 is 2.50 bits per heavy atom. The summed E-state index contributed by atoms with van der Waals surface area (Å²) >= 11 is 2.36. The molecule has 1 aromatic heterocycles. The van der Waals surface area contributed by atoms with E-state index in [1.54, 1.807) is 5.56 Å². The molecule has 1 N–H and O–H groups in total. The topological polar surface area (TPSA) is 22.3 Å². The molecule has 1 saturated carbocycles. The monoisotopic (exact) mass is 407 g/mol. The SMILES string of the molecule is CN1CCN(c2ccc(-c3cc(I)c[nH]3)cc2C2CC2)CC1. The molecule has 1 aliphatic heterocycles. The van der Waals surface area contributed by atoms with E-state index in [-0.39, 0.29) is 0 Å². The highest BCUT2D eigenvalue weighted by Crippen LogP contribution is 2.45. The molecule has 2 fully saturated rings. The van der Waals surface area contributed by atoms with Crippen LogP contribution in [-0.4, -0.2) is 43.1 Å². The van der Waals surface area contributed by atoms with Crippen LogP contribution >= 0.6 is 22.6 Å². The smallest absolute Gasteiger partial charge is 0.0464 e. The standard InChI is InChI=1S/C18H22IN3/c1-21-6-8-22(9-7-21)18-5-4-14(10-16(18)13-2-3-13)17-11-15(19)12-20-17/h4-5,10-13,20H,2-3,6-9H2,1H3. The summed E-state index contributed by atoms with van der Waals surface area (Å²) in [6.45, 7) is 4.63. The Hall–Kier alpha value is -1.01. The first-order valence-corrected chi connectivity index (χ1v) is 9.20. The van der Waals surface area contributed by atoms with E-state index in [9.17, 15) is 0 Å². The number of benzene rings is 1. The summed E-state index contributed by atoms with van der Waals surface area (Å²) in [7, 11) is 2.22. The number of piperazine rings is 1. The number of hydrogen-bond acceptors (Lipinski definition) is 2. The number of aromatic nitrogens is 1. The van der Waals surface area contributed by atoms with E-state index in [2.05, 4.69) is 74.9 Å². The van der Waals surface area contributed by atoms with E-state index < -0.39 is 0 Å². The lowest BCUT2D eigenvalue weighted by molar-refractivity contribution is 0.312. The third kappa shape index (κ3) is 2.91. The van der Waals surface area contributed by atoms with Gasteiger partial charge in [0.25, 0.3) is 0 Å². The van der Waals surface area contributed by atoms with Gasteiger partial charge in [-0.2, -0.15) is 0 Å². The van der Waals surface area contributed by atoms with E-state index in [4.69, 9.17) is 0 Å². The predicted molar refractivity (Wildman–Crippen MR) is 101 cm³/mol. The molecule has 0 bridgehead atoms. The number of nitrogens with zero attached hydrogens (tertiary/aromatic N) is 2. The third-order valence-corrected chi connectivity index (χ3v) is 5.47. The molecule has 1 aromatic carbocycles. The van der Waals surface area contributed by atoms with Gasteiger partial charge >= 0.3 is 0 Å². The summed E-state index contributed by atoms with van der Waals surface area (Å²) in [5, 5.41) is 0. The Morgan fingerprint density at radius 1 is 1.09 bits per heavy atom. The predicted octanol–water partition coefficient (Wildman–Crippen LogP) is 3.92. The van der Waals surface area contributed by atoms with Gasteiger partial charge in [0.2, 0.25) is 0 Å². The number of aromatic amines is 1. The lowest BCUT2D eigenvalue weighted by atomic mass is 10.0. The van der Waals surface area contributed by atoms with Crippen molar-refractivity contribution in [2.75, 3.05) is 38.1 Å². The van der Waals surface area contributed by atoms with Gasteiger partial charge < -0.3 is 14.8 Å². The molecular weight excluding hydrogens is 385 g/mol. The molecule has 4 rings (SSSR count). The molecule has 116 valence electrons. The number of hydrogen-bond donors (Lipinski definition) is 1. The minimum atomic E-state index is 0.781. The van der Waals surface area contributed by atoms with Crippen LogP contribution in [0.2, 0.25) is 0 Å². The van der Waals surface area contributed by atoms with Crippen molar-refractivity contribution >= 4 is 28.3 Å². The van der Waals surface area contributed by atoms with Crippen LogP contribution in [0.25, 0.3) is 11.3 Å². The van der Waals surface area contributed by atoms with Gasteiger partial charge in [0, 0.05) is 47.3 Å². The molecule has 1 saturated heterocycles. The zero-order valence-electron chi connectivity index (χ0n) is 13.0. The molecule has 3 nitrogen and oxygen atoms in total. The Balaban J connectivity index is 1.67. The number of H-pyrrole nitrogens is 1. The minimum Gasteiger partial charge on any atom is -0.369 e. The molecule has 2 aromatic rings. The Labute approximate surface area is 145 Å². The second-order valence-electron chi connectivity index (χ2n) is 6.57. The van der Waals surface area contributed by atoms with Gasteiger partial charge in [-0.05, 0) is 77.7 Å². The molecule has 0 unspecified atom stereocenters. The lowest BCUT2D eigenvalue weighted by Crippen LogP contribution is -2.44. The van der Waals surface area contributed by atoms with Crippen molar-refractivity contribution in [2.24, 2.45) is 0 Å². The quantitative estimate of drug-likeness (QED) is 0.780. The highest BCUT2D eigenvalue weighted by Gasteiger charge is 2.29.